The molecule has 1 aromatic heterocycles. The Labute approximate surface area is 111 Å². The molecule has 0 aliphatic rings. The summed E-state index contributed by atoms with van der Waals surface area (Å²) >= 11 is 0. The maximum absolute atomic E-state index is 11.6. The molecule has 2 aromatic rings. The van der Waals surface area contributed by atoms with E-state index in [0.29, 0.717) is 6.54 Å². The fourth-order valence-electron chi connectivity index (χ4n) is 1.74. The van der Waals surface area contributed by atoms with Gasteiger partial charge in [0.05, 0.1) is 12.6 Å². The van der Waals surface area contributed by atoms with Crippen LogP contribution in [0.4, 0.5) is 0 Å². The zero-order valence-electron chi connectivity index (χ0n) is 10.6. The van der Waals surface area contributed by atoms with Gasteiger partial charge in [0.2, 0.25) is 0 Å². The molecule has 1 aromatic carbocycles. The number of carbonyl (C=O) groups is 1. The van der Waals surface area contributed by atoms with Crippen molar-refractivity contribution in [3.05, 3.63) is 48.5 Å². The Morgan fingerprint density at radius 2 is 2.21 bits per heavy atom. The molecule has 1 unspecified atom stereocenters. The van der Waals surface area contributed by atoms with Crippen LogP contribution in [0.1, 0.15) is 18.5 Å². The molecule has 0 bridgehead atoms. The number of hydrogen-bond acceptors (Lipinski definition) is 3. The summed E-state index contributed by atoms with van der Waals surface area (Å²) in [5.41, 5.74) is 1.00. The summed E-state index contributed by atoms with van der Waals surface area (Å²) in [7, 11) is 0. The van der Waals surface area contributed by atoms with Crippen LogP contribution in [0.15, 0.2) is 43.0 Å². The summed E-state index contributed by atoms with van der Waals surface area (Å²) in [6, 6.07) is 9.53. The Kier molecular flexibility index (Phi) is 4.29. The third kappa shape index (κ3) is 3.68. The molecule has 1 atom stereocenters. The van der Waals surface area contributed by atoms with E-state index >= 15 is 0 Å². The molecule has 0 saturated heterocycles. The minimum Gasteiger partial charge on any atom is -0.337 e. The fraction of sp³-hybridized carbons (Fsp3) is 0.214. The van der Waals surface area contributed by atoms with Crippen molar-refractivity contribution in [1.29, 1.82) is 0 Å². The number of rotatable bonds is 4. The van der Waals surface area contributed by atoms with E-state index in [4.69, 9.17) is 0 Å². The van der Waals surface area contributed by atoms with Gasteiger partial charge in [0.15, 0.2) is 0 Å². The molecule has 0 saturated carbocycles. The quantitative estimate of drug-likeness (QED) is 0.833. The summed E-state index contributed by atoms with van der Waals surface area (Å²) in [5, 5.41) is 6.92. The van der Waals surface area contributed by atoms with E-state index < -0.39 is 0 Å². The van der Waals surface area contributed by atoms with Crippen LogP contribution in [0.5, 0.6) is 0 Å². The highest BCUT2D eigenvalue weighted by Gasteiger charge is 2.14. The van der Waals surface area contributed by atoms with Gasteiger partial charge in [0, 0.05) is 0 Å². The predicted octanol–water partition coefficient (Wildman–Crippen LogP) is 1.16. The Morgan fingerprint density at radius 1 is 1.42 bits per heavy atom. The highest BCUT2D eigenvalue weighted by molar-refractivity contribution is 5.93. The molecule has 0 spiro atoms. The first-order chi connectivity index (χ1) is 9.29. The minimum absolute atomic E-state index is 0.184. The molecule has 1 amide bonds. The molecule has 0 fully saturated rings. The van der Waals surface area contributed by atoms with Gasteiger partial charge in [-0.2, -0.15) is 5.10 Å². The van der Waals surface area contributed by atoms with Gasteiger partial charge in [0.1, 0.15) is 12.7 Å². The van der Waals surface area contributed by atoms with Crippen molar-refractivity contribution < 1.29 is 4.79 Å². The first kappa shape index (κ1) is 12.8. The molecular weight excluding hydrogens is 240 g/mol. The third-order valence-corrected chi connectivity index (χ3v) is 2.58. The van der Waals surface area contributed by atoms with Crippen LogP contribution in [0.3, 0.4) is 0 Å². The average Bonchev–Trinajstić information content (AvgIpc) is 2.92. The van der Waals surface area contributed by atoms with Crippen LogP contribution in [0.25, 0.3) is 0 Å². The number of hydrogen-bond donors (Lipinski definition) is 1. The zero-order valence-corrected chi connectivity index (χ0v) is 10.6. The van der Waals surface area contributed by atoms with Gasteiger partial charge in [-0.15, -0.1) is 0 Å². The van der Waals surface area contributed by atoms with Crippen molar-refractivity contribution in [2.24, 2.45) is 0 Å². The molecule has 19 heavy (non-hydrogen) atoms. The van der Waals surface area contributed by atoms with E-state index in [-0.39, 0.29) is 11.9 Å². The first-order valence-electron chi connectivity index (χ1n) is 5.90. The summed E-state index contributed by atoms with van der Waals surface area (Å²) in [4.78, 5) is 15.5. The van der Waals surface area contributed by atoms with Crippen molar-refractivity contribution >= 4 is 5.91 Å². The highest BCUT2D eigenvalue weighted by atomic mass is 16.1. The van der Waals surface area contributed by atoms with E-state index in [0.717, 1.165) is 5.56 Å². The van der Waals surface area contributed by atoms with Crippen molar-refractivity contribution in [1.82, 2.24) is 20.1 Å². The Hall–Kier alpha value is -2.61. The number of nitrogens with one attached hydrogen (secondary N) is 1. The standard InChI is InChI=1S/C14H14N4O/c1-2-6-14(19)17-13(9-18-11-15-10-16-18)12-7-4-3-5-8-12/h3-5,7-8,10-11,13H,9H2,1H3,(H,17,19). The van der Waals surface area contributed by atoms with Gasteiger partial charge < -0.3 is 5.32 Å². The van der Waals surface area contributed by atoms with Crippen molar-refractivity contribution in [2.45, 2.75) is 19.5 Å². The van der Waals surface area contributed by atoms with Crippen LogP contribution in [-0.4, -0.2) is 20.7 Å². The van der Waals surface area contributed by atoms with E-state index in [1.54, 1.807) is 17.9 Å². The number of aromatic nitrogens is 3. The molecule has 5 nitrogen and oxygen atoms in total. The van der Waals surface area contributed by atoms with Crippen LogP contribution in [0.2, 0.25) is 0 Å². The topological polar surface area (TPSA) is 59.8 Å². The van der Waals surface area contributed by atoms with Gasteiger partial charge in [-0.25, -0.2) is 4.98 Å². The van der Waals surface area contributed by atoms with E-state index in [9.17, 15) is 4.79 Å². The Balaban J connectivity index is 2.17. The average molecular weight is 254 g/mol. The lowest BCUT2D eigenvalue weighted by Gasteiger charge is -2.17. The van der Waals surface area contributed by atoms with E-state index in [1.807, 2.05) is 30.3 Å². The Bertz CT molecular complexity index is 581. The molecule has 96 valence electrons. The van der Waals surface area contributed by atoms with Crippen LogP contribution >= 0.6 is 0 Å². The molecule has 0 aliphatic carbocycles. The molecule has 0 aliphatic heterocycles. The fourth-order valence-corrected chi connectivity index (χ4v) is 1.74. The van der Waals surface area contributed by atoms with Crippen molar-refractivity contribution in [3.8, 4) is 11.8 Å². The summed E-state index contributed by atoms with van der Waals surface area (Å²) < 4.78 is 1.68. The predicted molar refractivity (Wildman–Crippen MR) is 70.8 cm³/mol. The number of carbonyl (C=O) groups excluding carboxylic acids is 1. The first-order valence-corrected chi connectivity index (χ1v) is 5.90. The van der Waals surface area contributed by atoms with E-state index in [2.05, 4.69) is 27.2 Å². The lowest BCUT2D eigenvalue weighted by molar-refractivity contribution is -0.116. The number of benzene rings is 1. The van der Waals surface area contributed by atoms with Crippen LogP contribution in [0, 0.1) is 11.8 Å². The molecule has 0 radical (unpaired) electrons. The van der Waals surface area contributed by atoms with Crippen LogP contribution in [-0.2, 0) is 11.3 Å². The summed E-state index contributed by atoms with van der Waals surface area (Å²) in [6.45, 7) is 2.15. The maximum atomic E-state index is 11.6. The van der Waals surface area contributed by atoms with Crippen LogP contribution < -0.4 is 5.32 Å². The Morgan fingerprint density at radius 3 is 2.84 bits per heavy atom. The van der Waals surface area contributed by atoms with Gasteiger partial charge in [-0.1, -0.05) is 36.3 Å². The second-order valence-corrected chi connectivity index (χ2v) is 3.93. The zero-order chi connectivity index (χ0) is 13.5. The normalized spacial score (nSPS) is 11.2. The van der Waals surface area contributed by atoms with Gasteiger partial charge in [-0.3, -0.25) is 9.48 Å². The summed E-state index contributed by atoms with van der Waals surface area (Å²) in [5.74, 6) is 4.77. The summed E-state index contributed by atoms with van der Waals surface area (Å²) in [6.07, 6.45) is 3.09. The minimum atomic E-state index is -0.295. The molecule has 1 heterocycles. The monoisotopic (exact) mass is 254 g/mol. The second kappa shape index (κ2) is 6.36. The molecular formula is C14H14N4O. The highest BCUT2D eigenvalue weighted by Crippen LogP contribution is 2.14. The molecule has 2 rings (SSSR count). The van der Waals surface area contributed by atoms with E-state index in [1.165, 1.54) is 6.33 Å². The SMILES string of the molecule is CC#CC(=O)NC(Cn1cncn1)c1ccccc1. The number of nitrogens with zero attached hydrogens (tertiary/aromatic N) is 3. The third-order valence-electron chi connectivity index (χ3n) is 2.58. The lowest BCUT2D eigenvalue weighted by atomic mass is 10.1. The van der Waals surface area contributed by atoms with Gasteiger partial charge >= 0.3 is 0 Å². The van der Waals surface area contributed by atoms with Gasteiger partial charge in [-0.05, 0) is 18.4 Å². The van der Waals surface area contributed by atoms with Crippen molar-refractivity contribution in [2.75, 3.05) is 0 Å². The maximum Gasteiger partial charge on any atom is 0.296 e. The smallest absolute Gasteiger partial charge is 0.296 e. The molecule has 5 heteroatoms. The lowest BCUT2D eigenvalue weighted by Crippen LogP contribution is -2.30. The van der Waals surface area contributed by atoms with Crippen molar-refractivity contribution in [3.63, 3.8) is 0 Å². The molecule has 1 N–H and O–H groups in total. The second-order valence-electron chi connectivity index (χ2n) is 3.93. The largest absolute Gasteiger partial charge is 0.337 e. The van der Waals surface area contributed by atoms with Gasteiger partial charge in [0.25, 0.3) is 5.91 Å². The number of amides is 1.